The van der Waals surface area contributed by atoms with Crippen molar-refractivity contribution in [3.8, 4) is 0 Å². The summed E-state index contributed by atoms with van der Waals surface area (Å²) < 4.78 is 11.7. The highest BCUT2D eigenvalue weighted by Crippen LogP contribution is 2.16. The van der Waals surface area contributed by atoms with E-state index in [9.17, 15) is 9.59 Å². The smallest absolute Gasteiger partial charge is 0.308 e. The lowest BCUT2D eigenvalue weighted by Gasteiger charge is -2.29. The van der Waals surface area contributed by atoms with Crippen molar-refractivity contribution in [3.63, 3.8) is 0 Å². The first-order valence-electron chi connectivity index (χ1n) is 8.33. The zero-order valence-corrected chi connectivity index (χ0v) is 16.6. The van der Waals surface area contributed by atoms with Crippen molar-refractivity contribution >= 4 is 11.8 Å². The summed E-state index contributed by atoms with van der Waals surface area (Å²) in [6, 6.07) is 0. The van der Waals surface area contributed by atoms with Gasteiger partial charge >= 0.3 is 5.97 Å². The van der Waals surface area contributed by atoms with E-state index >= 15 is 0 Å². The van der Waals surface area contributed by atoms with Crippen LogP contribution < -0.4 is 5.73 Å². The molecule has 0 aliphatic carbocycles. The number of carbonyl (C=O) groups is 2. The van der Waals surface area contributed by atoms with E-state index in [0.717, 1.165) is 11.0 Å². The molecule has 0 rings (SSSR count). The molecular formula is C21H50N2O4. The second-order valence-electron chi connectivity index (χ2n) is 7.53. The van der Waals surface area contributed by atoms with Gasteiger partial charge in [-0.25, -0.2) is 0 Å². The van der Waals surface area contributed by atoms with Crippen LogP contribution in [-0.2, 0) is 19.1 Å². The van der Waals surface area contributed by atoms with Crippen LogP contribution in [0.1, 0.15) is 55.9 Å². The molecule has 0 amide bonds. The summed E-state index contributed by atoms with van der Waals surface area (Å²) in [6.45, 7) is 7.41. The van der Waals surface area contributed by atoms with Gasteiger partial charge in [-0.3, -0.25) is 9.59 Å². The molecule has 0 spiro atoms. The van der Waals surface area contributed by atoms with Gasteiger partial charge in [-0.05, 0) is 19.3 Å². The van der Waals surface area contributed by atoms with Gasteiger partial charge < -0.3 is 27.1 Å². The van der Waals surface area contributed by atoms with Crippen molar-refractivity contribution in [3.05, 3.63) is 7.43 Å². The lowest BCUT2D eigenvalue weighted by molar-refractivity contribution is -0.873. The number of carbonyl (C=O) groups excluding carboxylic acids is 2. The molecule has 0 heterocycles. The SMILES string of the molecule is C.C.C.CC(=O)CC(C[N+](C)(C)C)OCC(C)CC(C)C(=O)OCCN.[CH3-]. The number of ether oxygens (including phenoxy) is 2. The van der Waals surface area contributed by atoms with Crippen LogP contribution in [-0.4, -0.2) is 69.8 Å². The Morgan fingerprint density at radius 3 is 2.00 bits per heavy atom. The molecular weight excluding hydrogens is 344 g/mol. The van der Waals surface area contributed by atoms with Gasteiger partial charge in [0.1, 0.15) is 25.0 Å². The molecule has 0 aliphatic rings. The van der Waals surface area contributed by atoms with E-state index in [0.29, 0.717) is 26.0 Å². The zero-order chi connectivity index (χ0) is 18.0. The van der Waals surface area contributed by atoms with E-state index in [1.807, 2.05) is 13.8 Å². The third-order valence-corrected chi connectivity index (χ3v) is 3.40. The Bertz CT molecular complexity index is 368. The van der Waals surface area contributed by atoms with E-state index < -0.39 is 0 Å². The fourth-order valence-electron chi connectivity index (χ4n) is 2.48. The molecule has 3 atom stereocenters. The van der Waals surface area contributed by atoms with Crippen molar-refractivity contribution in [2.45, 2.75) is 62.0 Å². The maximum atomic E-state index is 11.7. The zero-order valence-electron chi connectivity index (χ0n) is 16.6. The first-order chi connectivity index (χ1) is 10.5. The Hall–Kier alpha value is -0.980. The van der Waals surface area contributed by atoms with Gasteiger partial charge in [0.25, 0.3) is 0 Å². The third kappa shape index (κ3) is 21.2. The normalized spacial score (nSPS) is 13.4. The van der Waals surface area contributed by atoms with Gasteiger partial charge in [0.15, 0.2) is 0 Å². The van der Waals surface area contributed by atoms with Crippen molar-refractivity contribution < 1.29 is 23.5 Å². The van der Waals surface area contributed by atoms with Crippen LogP contribution in [0.4, 0.5) is 0 Å². The number of nitrogens with two attached hydrogens (primary N) is 1. The van der Waals surface area contributed by atoms with E-state index in [1.54, 1.807) is 6.92 Å². The standard InChI is InChI=1S/C17H35N2O4.3CH4.CH3/c1-13(9-14(2)17(21)22-8-7-18)12-23-16(10-15(3)20)11-19(4,5)6;;;;/h13-14,16H,7-12,18H2,1-6H3;3*1H4;1H3/q+1;;;;-1. The molecule has 6 heteroatoms. The summed E-state index contributed by atoms with van der Waals surface area (Å²) in [7, 11) is 6.24. The average Bonchev–Trinajstić information content (AvgIpc) is 2.39. The molecule has 0 saturated carbocycles. The first-order valence-corrected chi connectivity index (χ1v) is 8.33. The Kier molecular flexibility index (Phi) is 25.1. The molecule has 27 heavy (non-hydrogen) atoms. The number of rotatable bonds is 12. The molecule has 0 saturated heterocycles. The monoisotopic (exact) mass is 394 g/mol. The Morgan fingerprint density at radius 1 is 1.07 bits per heavy atom. The molecule has 6 nitrogen and oxygen atoms in total. The summed E-state index contributed by atoms with van der Waals surface area (Å²) in [6.07, 6.45) is 1.03. The maximum Gasteiger partial charge on any atom is 0.308 e. The fourth-order valence-corrected chi connectivity index (χ4v) is 2.48. The largest absolute Gasteiger partial charge is 0.464 e. The molecule has 0 aromatic carbocycles. The van der Waals surface area contributed by atoms with Gasteiger partial charge in [-0.1, -0.05) is 36.1 Å². The minimum Gasteiger partial charge on any atom is -0.464 e. The van der Waals surface area contributed by atoms with Crippen molar-refractivity contribution in [1.82, 2.24) is 0 Å². The van der Waals surface area contributed by atoms with Crippen LogP contribution in [0.25, 0.3) is 0 Å². The van der Waals surface area contributed by atoms with E-state index in [1.165, 1.54) is 0 Å². The topological polar surface area (TPSA) is 78.6 Å². The maximum absolute atomic E-state index is 11.7. The highest BCUT2D eigenvalue weighted by molar-refractivity contribution is 5.76. The van der Waals surface area contributed by atoms with Gasteiger partial charge in [-0.2, -0.15) is 0 Å². The second-order valence-corrected chi connectivity index (χ2v) is 7.53. The molecule has 0 radical (unpaired) electrons. The average molecular weight is 395 g/mol. The first kappa shape index (κ1) is 36.9. The van der Waals surface area contributed by atoms with E-state index in [2.05, 4.69) is 21.1 Å². The number of nitrogens with zero attached hydrogens (tertiary/aromatic N) is 1. The Morgan fingerprint density at radius 2 is 1.59 bits per heavy atom. The fraction of sp³-hybridized carbons (Fsp3) is 0.857. The number of hydrogen-bond donors (Lipinski definition) is 1. The van der Waals surface area contributed by atoms with Crippen LogP contribution in [0, 0.1) is 19.3 Å². The summed E-state index contributed by atoms with van der Waals surface area (Å²) >= 11 is 0. The van der Waals surface area contributed by atoms with Crippen molar-refractivity contribution in [1.29, 1.82) is 0 Å². The van der Waals surface area contributed by atoms with Crippen molar-refractivity contribution in [2.75, 3.05) is 47.4 Å². The van der Waals surface area contributed by atoms with Crippen molar-refractivity contribution in [2.24, 2.45) is 17.6 Å². The van der Waals surface area contributed by atoms with Gasteiger partial charge in [0.2, 0.25) is 0 Å². The van der Waals surface area contributed by atoms with E-state index in [-0.39, 0.29) is 66.0 Å². The highest BCUT2D eigenvalue weighted by Gasteiger charge is 2.23. The number of hydrogen-bond acceptors (Lipinski definition) is 5. The number of likely N-dealkylation sites (N-methyl/N-ethyl adjacent to an activating group) is 1. The van der Waals surface area contributed by atoms with Gasteiger partial charge in [0, 0.05) is 19.6 Å². The highest BCUT2D eigenvalue weighted by atomic mass is 16.5. The summed E-state index contributed by atoms with van der Waals surface area (Å²) in [5, 5.41) is 0. The van der Waals surface area contributed by atoms with Crippen LogP contribution in [0.3, 0.4) is 0 Å². The third-order valence-electron chi connectivity index (χ3n) is 3.40. The lowest BCUT2D eigenvalue weighted by Crippen LogP contribution is -2.43. The molecule has 0 fully saturated rings. The Labute approximate surface area is 170 Å². The van der Waals surface area contributed by atoms with E-state index in [4.69, 9.17) is 15.2 Å². The minimum absolute atomic E-state index is 0. The van der Waals surface area contributed by atoms with Crippen LogP contribution in [0.5, 0.6) is 0 Å². The second kappa shape index (κ2) is 18.4. The minimum atomic E-state index is -0.214. The number of quaternary nitrogens is 1. The molecule has 2 N–H and O–H groups in total. The summed E-state index contributed by atoms with van der Waals surface area (Å²) in [4.78, 5) is 23.1. The number of Topliss-reactive ketones (excluding diaryl/α,β-unsaturated/α-hetero) is 1. The van der Waals surface area contributed by atoms with Gasteiger partial charge in [-0.15, -0.1) is 0 Å². The molecule has 0 aliphatic heterocycles. The Balaban J connectivity index is -0.000000403. The lowest BCUT2D eigenvalue weighted by atomic mass is 9.98. The molecule has 3 unspecified atom stereocenters. The van der Waals surface area contributed by atoms with Gasteiger partial charge in [0.05, 0.1) is 27.1 Å². The molecule has 0 bridgehead atoms. The quantitative estimate of drug-likeness (QED) is 0.311. The predicted molar refractivity (Wildman–Crippen MR) is 118 cm³/mol. The predicted octanol–water partition coefficient (Wildman–Crippen LogP) is 3.58. The molecule has 168 valence electrons. The summed E-state index contributed by atoms with van der Waals surface area (Å²) in [5.41, 5.74) is 5.32. The molecule has 0 aromatic heterocycles. The van der Waals surface area contributed by atoms with Crippen LogP contribution >= 0.6 is 0 Å². The van der Waals surface area contributed by atoms with Crippen LogP contribution in [0.2, 0.25) is 0 Å². The van der Waals surface area contributed by atoms with Crippen LogP contribution in [0.15, 0.2) is 0 Å². The number of ketones is 1. The summed E-state index contributed by atoms with van der Waals surface area (Å²) in [5.74, 6) is -0.0362. The number of esters is 1. The molecule has 0 aromatic rings.